The van der Waals surface area contributed by atoms with E-state index in [1.807, 2.05) is 192 Å². The standard InChI is InChI=1S/2C9H16N2.2C8H16O.2C7H16N2.2C7H15NO.C5H9N3.2C5H5NO.3C4H8N4.2C4H9NO.2C4H10/c2*1-6(2)8-5-10-9(11-8)7(3)4;2*1-6(2)5-8(9)7(3)4;2*1-5(2)7(8)9-6(3)4;2*1-5(2)7(9)8-6(3)4;1-4(2)5-3-6-8-7-5;2*7-5-3-1-2-4-6-5;3*1-3(2)4-5-7-8-6-4;2*1-3(2)4(5)6;2*1-4(2)3/h2*5-7H,1-4H3,(H,10,11);6-7H,5H2,1-4H3;5-7,9H,1-4H3;2*5-6H,1-4H3,(H2,8,9);2*5-6H,1-4H3,(H,8,9);4H,3H2,1-2H3;2*1-4H,(H,6,7);3*3H,1-2H3,(H,5,6,7,8);2*3H,1-2H3,(H2,5,6);2*4H,1-3H3/p+1/b;;;8-5-;;;;;;;;;;;;;;. The highest BCUT2D eigenvalue weighted by Crippen LogP contribution is 2.17. The number of primary amides is 2. The molecule has 0 bridgehead atoms. The third kappa shape index (κ3) is 109. The number of ketones is 1. The molecule has 0 aromatic carbocycles. The number of aliphatic imine (C=N–C) groups is 2. The first-order valence-corrected chi connectivity index (χ1v) is 50.5. The van der Waals surface area contributed by atoms with Gasteiger partial charge in [-0.1, -0.05) is 319 Å². The van der Waals surface area contributed by atoms with E-state index >= 15 is 0 Å². The minimum atomic E-state index is -0.241. The minimum absolute atomic E-state index is 0.00926. The third-order valence-electron chi connectivity index (χ3n) is 16.2. The number of allylic oxidation sites excluding steroid dienone is 2. The van der Waals surface area contributed by atoms with Crippen LogP contribution >= 0.6 is 0 Å². The molecule has 0 unspecified atom stereocenters. The molecule has 8 rings (SSSR count). The van der Waals surface area contributed by atoms with Crippen LogP contribution in [0.3, 0.4) is 0 Å². The van der Waals surface area contributed by atoms with Gasteiger partial charge in [0.1, 0.15) is 30.0 Å². The van der Waals surface area contributed by atoms with E-state index in [1.165, 1.54) is 29.3 Å². The summed E-state index contributed by atoms with van der Waals surface area (Å²) < 4.78 is 0. The highest BCUT2D eigenvalue weighted by Gasteiger charge is 2.15. The Morgan fingerprint density at radius 1 is 0.423 bits per heavy atom. The van der Waals surface area contributed by atoms with Crippen molar-refractivity contribution in [1.29, 1.82) is 0 Å². The maximum atomic E-state index is 11.0. The summed E-state index contributed by atoms with van der Waals surface area (Å²) >= 11 is 0. The van der Waals surface area contributed by atoms with Gasteiger partial charge in [0, 0.05) is 144 Å². The van der Waals surface area contributed by atoms with Crippen LogP contribution in [0.15, 0.2) is 108 Å². The van der Waals surface area contributed by atoms with E-state index in [0.29, 0.717) is 101 Å². The summed E-state index contributed by atoms with van der Waals surface area (Å²) in [6.45, 7) is 102. The van der Waals surface area contributed by atoms with E-state index in [9.17, 15) is 33.6 Å². The molecule has 0 fully saturated rings. The number of amidine groups is 2. The Morgan fingerprint density at radius 3 is 0.873 bits per heavy atom. The van der Waals surface area contributed by atoms with Gasteiger partial charge < -0.3 is 53.6 Å². The number of tetrazole rings is 3. The van der Waals surface area contributed by atoms with Crippen LogP contribution in [0.4, 0.5) is 0 Å². The number of amides is 4. The maximum absolute atomic E-state index is 11.0. The second-order valence-corrected chi connectivity index (χ2v) is 41.5. The number of H-pyrrole nitrogens is 8. The summed E-state index contributed by atoms with van der Waals surface area (Å²) in [4.78, 5) is 100. The van der Waals surface area contributed by atoms with Gasteiger partial charge in [0.2, 0.25) is 34.7 Å². The predicted octanol–water partition coefficient (Wildman–Crippen LogP) is 21.6. The molecule has 0 saturated carbocycles. The zero-order valence-corrected chi connectivity index (χ0v) is 97.9. The number of carbonyl (C=O) groups is 5. The molecule has 0 spiro atoms. The lowest BCUT2D eigenvalue weighted by atomic mass is 9.99. The third-order valence-corrected chi connectivity index (χ3v) is 16.2. The number of carbonyl (C=O) groups excluding carboxylic acids is 5. The van der Waals surface area contributed by atoms with Gasteiger partial charge in [-0.3, -0.25) is 43.5 Å². The number of nitrogens with zero attached hydrogens (tertiary/aromatic N) is 15. The van der Waals surface area contributed by atoms with Gasteiger partial charge in [0.15, 0.2) is 17.5 Å². The SMILES string of the molecule is CC(C)/C=C(\O)C(C)C.CC(C)C.CC(C)C.CC(C)C(N)=O.CC(C)C(N)=O.CC(C)C1=NN=NC1.CC(C)CC(=O)C(C)C.CC(C)N=C(N)C(C)C.CC(C)N=C(N)C(C)C.CC(C)NC(=O)C(C)C.CC(C)NC(=O)C(C)C.CC(C)c1c[nH+]c(C(C)C)[nH]1.CC(C)c1cnc(C(C)C)[nH]1.CC(C)c1nn[nH]n1.CC(C)c1nn[nH]n1.CC(C)c1nn[nH]n1.O=c1cccc[nH]1.O=c1cccc[nH]1. The fraction of sp³-hybridized carbons (Fsp3) is 0.724. The van der Waals surface area contributed by atoms with E-state index in [0.717, 1.165) is 58.9 Å². The number of nitrogens with two attached hydrogens (primary N) is 4. The first kappa shape index (κ1) is 151. The number of aromatic amines is 8. The smallest absolute Gasteiger partial charge is 0.254 e. The second kappa shape index (κ2) is 92.3. The number of aromatic nitrogens is 18. The monoisotopic (exact) mass is 2000 g/mol. The molecule has 7 aromatic rings. The first-order valence-electron chi connectivity index (χ1n) is 50.5. The topological polar surface area (TPSA) is 583 Å². The Kier molecular flexibility index (Phi) is 98.1. The van der Waals surface area contributed by atoms with Gasteiger partial charge in [-0.2, -0.15) is 20.8 Å². The summed E-state index contributed by atoms with van der Waals surface area (Å²) in [6, 6.07) is 11.0. The van der Waals surface area contributed by atoms with Crippen LogP contribution in [0.25, 0.3) is 0 Å². The fourth-order valence-electron chi connectivity index (χ4n) is 7.43. The quantitative estimate of drug-likeness (QED) is 0.0161. The average molecular weight is 2010 g/mol. The van der Waals surface area contributed by atoms with Crippen LogP contribution in [-0.2, 0) is 24.0 Å². The molecule has 4 amide bonds. The van der Waals surface area contributed by atoms with Gasteiger partial charge in [-0.15, -0.1) is 35.7 Å². The Hall–Kier alpha value is -11.2. The number of hydrogen-bond acceptors (Lipinski definition) is 23. The number of Topliss-reactive ketones (excluding diaryl/α,β-unsaturated/α-hetero) is 1. The highest BCUT2D eigenvalue weighted by atomic mass is 16.3. The number of hydrogen-bond donors (Lipinski definition) is 14. The maximum Gasteiger partial charge on any atom is 0.254 e. The van der Waals surface area contributed by atoms with Crippen molar-refractivity contribution in [3.63, 3.8) is 0 Å². The molecular formula is C105H208N29O8+. The molecular weight excluding hydrogens is 1800 g/mol. The largest absolute Gasteiger partial charge is 0.512 e. The van der Waals surface area contributed by atoms with Crippen molar-refractivity contribution in [3.05, 3.63) is 134 Å². The lowest BCUT2D eigenvalue weighted by Gasteiger charge is -2.09. The van der Waals surface area contributed by atoms with Crippen molar-refractivity contribution < 1.29 is 34.1 Å². The molecule has 7 aromatic heterocycles. The zero-order valence-electron chi connectivity index (χ0n) is 97.9. The number of rotatable bonds is 23. The number of pyridine rings is 2. The summed E-state index contributed by atoms with van der Waals surface area (Å²) in [5.41, 5.74) is 24.2. The van der Waals surface area contributed by atoms with Gasteiger partial charge in [-0.05, 0) is 114 Å². The van der Waals surface area contributed by atoms with Crippen LogP contribution in [0.5, 0.6) is 0 Å². The van der Waals surface area contributed by atoms with Gasteiger partial charge in [0.25, 0.3) is 5.82 Å². The Morgan fingerprint density at radius 2 is 0.761 bits per heavy atom. The Balaban J connectivity index is -0.000000163. The van der Waals surface area contributed by atoms with Crippen LogP contribution in [0.1, 0.15) is 435 Å². The van der Waals surface area contributed by atoms with Gasteiger partial charge in [0.05, 0.1) is 29.1 Å². The molecule has 19 N–H and O–H groups in total. The van der Waals surface area contributed by atoms with Crippen LogP contribution < -0.4 is 49.7 Å². The second-order valence-electron chi connectivity index (χ2n) is 41.5. The fourth-order valence-corrected chi connectivity index (χ4v) is 7.43. The normalized spacial score (nSPS) is 11.2. The van der Waals surface area contributed by atoms with Gasteiger partial charge in [-0.25, -0.2) is 15.0 Å². The molecule has 820 valence electrons. The van der Waals surface area contributed by atoms with Gasteiger partial charge >= 0.3 is 0 Å². The van der Waals surface area contributed by atoms with E-state index in [-0.39, 0.29) is 82.3 Å². The first-order chi connectivity index (χ1) is 65.2. The lowest BCUT2D eigenvalue weighted by Crippen LogP contribution is -2.33. The van der Waals surface area contributed by atoms with Crippen molar-refractivity contribution in [2.75, 3.05) is 6.54 Å². The average Bonchev–Trinajstić information content (AvgIpc) is 1.75. The van der Waals surface area contributed by atoms with Crippen molar-refractivity contribution in [3.8, 4) is 0 Å². The van der Waals surface area contributed by atoms with Crippen molar-refractivity contribution in [2.24, 2.45) is 125 Å². The van der Waals surface area contributed by atoms with Crippen molar-refractivity contribution >= 4 is 46.8 Å². The molecule has 1 aliphatic rings. The zero-order chi connectivity index (χ0) is 113. The van der Waals surface area contributed by atoms with Crippen LogP contribution in [0, 0.1) is 76.9 Å². The Bertz CT molecular complexity index is 3930. The van der Waals surface area contributed by atoms with Crippen LogP contribution in [0.2, 0.25) is 0 Å². The molecule has 8 heterocycles. The molecule has 142 heavy (non-hydrogen) atoms. The molecule has 0 aliphatic carbocycles. The molecule has 37 heteroatoms. The molecule has 0 saturated heterocycles. The molecule has 37 nitrogen and oxygen atoms in total. The Labute approximate surface area is 858 Å². The number of imidazole rings is 2. The lowest BCUT2D eigenvalue weighted by molar-refractivity contribution is -0.390. The summed E-state index contributed by atoms with van der Waals surface area (Å²) in [5.74, 6) is 14.7. The van der Waals surface area contributed by atoms with Crippen LogP contribution in [-0.4, -0.2) is 169 Å². The van der Waals surface area contributed by atoms with E-state index < -0.39 is 0 Å². The molecule has 0 atom stereocenters. The molecule has 1 aliphatic heterocycles. The number of aliphatic hydroxyl groups excluding tert-OH is 1. The summed E-state index contributed by atoms with van der Waals surface area (Å²) in [6.07, 6.45) is 9.80. The predicted molar refractivity (Wildman–Crippen MR) is 591 cm³/mol. The van der Waals surface area contributed by atoms with E-state index in [1.54, 1.807) is 64.4 Å². The summed E-state index contributed by atoms with van der Waals surface area (Å²) in [5, 5.41) is 65.8. The van der Waals surface area contributed by atoms with E-state index in [4.69, 9.17) is 28.0 Å². The van der Waals surface area contributed by atoms with E-state index in [2.05, 4.69) is 273 Å². The highest BCUT2D eigenvalue weighted by molar-refractivity contribution is 5.88. The minimum Gasteiger partial charge on any atom is -0.512 e. The van der Waals surface area contributed by atoms with Crippen molar-refractivity contribution in [2.45, 2.75) is 418 Å². The number of nitrogens with one attached hydrogen (secondary N) is 10. The number of aliphatic hydroxyl groups is 1. The summed E-state index contributed by atoms with van der Waals surface area (Å²) in [7, 11) is 0. The van der Waals surface area contributed by atoms with Crippen molar-refractivity contribution in [1.82, 2.24) is 97.4 Å². The molecule has 0 radical (unpaired) electrons.